The molecule has 0 radical (unpaired) electrons. The Kier molecular flexibility index (Phi) is 3.27. The number of amides is 2. The number of hydrogen-bond acceptors (Lipinski definition) is 3. The minimum absolute atomic E-state index is 0.233. The quantitative estimate of drug-likeness (QED) is 0.691. The maximum absolute atomic E-state index is 11.7. The van der Waals surface area contributed by atoms with Crippen molar-refractivity contribution >= 4 is 12.0 Å². The van der Waals surface area contributed by atoms with E-state index in [-0.39, 0.29) is 12.6 Å². The summed E-state index contributed by atoms with van der Waals surface area (Å²) in [5.74, 6) is -1.28. The lowest BCUT2D eigenvalue weighted by atomic mass is 10.1. The minimum atomic E-state index is -0.839. The second-order valence-electron chi connectivity index (χ2n) is 4.01. The number of H-pyrrole nitrogens is 1. The summed E-state index contributed by atoms with van der Waals surface area (Å²) >= 11 is 0. The number of imidazole rings is 1. The van der Waals surface area contributed by atoms with Crippen molar-refractivity contribution in [3.05, 3.63) is 18.2 Å². The summed E-state index contributed by atoms with van der Waals surface area (Å²) in [4.78, 5) is 30.7. The number of likely N-dealkylation sites (tertiary alicyclic amines) is 1. The van der Waals surface area contributed by atoms with Crippen LogP contribution >= 0.6 is 0 Å². The van der Waals surface area contributed by atoms with E-state index >= 15 is 0 Å². The van der Waals surface area contributed by atoms with Gasteiger partial charge < -0.3 is 20.3 Å². The van der Waals surface area contributed by atoms with Gasteiger partial charge in [-0.2, -0.15) is 0 Å². The highest BCUT2D eigenvalue weighted by molar-refractivity contribution is 5.77. The first kappa shape index (κ1) is 11.4. The number of carbonyl (C=O) groups excluding carboxylic acids is 1. The van der Waals surface area contributed by atoms with Crippen LogP contribution in [0.25, 0.3) is 0 Å². The van der Waals surface area contributed by atoms with Crippen LogP contribution in [0.15, 0.2) is 12.5 Å². The lowest BCUT2D eigenvalue weighted by molar-refractivity contribution is -0.141. The van der Waals surface area contributed by atoms with Gasteiger partial charge in [-0.05, 0) is 6.42 Å². The molecule has 1 aliphatic rings. The largest absolute Gasteiger partial charge is 0.481 e. The number of nitrogens with zero attached hydrogens (tertiary/aromatic N) is 2. The zero-order valence-electron chi connectivity index (χ0n) is 9.22. The molecule has 0 bridgehead atoms. The van der Waals surface area contributed by atoms with Crippen LogP contribution in [-0.2, 0) is 11.3 Å². The predicted molar refractivity (Wildman–Crippen MR) is 58.1 cm³/mol. The van der Waals surface area contributed by atoms with Crippen molar-refractivity contribution in [3.8, 4) is 0 Å². The molecular weight excluding hydrogens is 224 g/mol. The van der Waals surface area contributed by atoms with E-state index in [1.165, 1.54) is 11.2 Å². The third-order valence-electron chi connectivity index (χ3n) is 2.81. The van der Waals surface area contributed by atoms with Crippen molar-refractivity contribution in [1.82, 2.24) is 20.2 Å². The molecule has 0 aromatic carbocycles. The van der Waals surface area contributed by atoms with Gasteiger partial charge in [0.2, 0.25) is 0 Å². The fourth-order valence-electron chi connectivity index (χ4n) is 1.81. The number of urea groups is 1. The summed E-state index contributed by atoms with van der Waals surface area (Å²) < 4.78 is 0. The van der Waals surface area contributed by atoms with E-state index in [4.69, 9.17) is 5.11 Å². The van der Waals surface area contributed by atoms with Crippen LogP contribution in [0.5, 0.6) is 0 Å². The summed E-state index contributed by atoms with van der Waals surface area (Å²) in [6.45, 7) is 1.14. The average molecular weight is 238 g/mol. The molecule has 1 aromatic heterocycles. The summed E-state index contributed by atoms with van der Waals surface area (Å²) in [7, 11) is 0. The van der Waals surface area contributed by atoms with Crippen molar-refractivity contribution in [2.75, 3.05) is 13.1 Å². The third-order valence-corrected chi connectivity index (χ3v) is 2.81. The van der Waals surface area contributed by atoms with E-state index in [0.29, 0.717) is 19.5 Å². The molecular formula is C10H14N4O3. The first-order valence-electron chi connectivity index (χ1n) is 5.39. The van der Waals surface area contributed by atoms with Gasteiger partial charge in [0.1, 0.15) is 0 Å². The van der Waals surface area contributed by atoms with Crippen LogP contribution in [0.4, 0.5) is 4.79 Å². The molecule has 3 N–H and O–H groups in total. The molecule has 2 heterocycles. The molecule has 1 aromatic rings. The Morgan fingerprint density at radius 2 is 2.47 bits per heavy atom. The van der Waals surface area contributed by atoms with E-state index in [1.54, 1.807) is 6.20 Å². The van der Waals surface area contributed by atoms with E-state index in [2.05, 4.69) is 15.3 Å². The molecule has 0 saturated carbocycles. The Morgan fingerprint density at radius 3 is 3.06 bits per heavy atom. The second kappa shape index (κ2) is 4.86. The first-order chi connectivity index (χ1) is 8.16. The topological polar surface area (TPSA) is 98.3 Å². The Morgan fingerprint density at radius 1 is 1.65 bits per heavy atom. The number of rotatable bonds is 3. The first-order valence-corrected chi connectivity index (χ1v) is 5.39. The number of aromatic amines is 1. The molecule has 0 aliphatic carbocycles. The molecule has 92 valence electrons. The maximum atomic E-state index is 11.7. The van der Waals surface area contributed by atoms with Crippen molar-refractivity contribution in [2.45, 2.75) is 13.0 Å². The summed E-state index contributed by atoms with van der Waals surface area (Å²) in [6.07, 6.45) is 3.69. The fourth-order valence-corrected chi connectivity index (χ4v) is 1.81. The second-order valence-corrected chi connectivity index (χ2v) is 4.01. The van der Waals surface area contributed by atoms with Gasteiger partial charge in [0.05, 0.1) is 24.5 Å². The van der Waals surface area contributed by atoms with Gasteiger partial charge in [0, 0.05) is 19.3 Å². The number of aliphatic carboxylic acids is 1. The number of aromatic nitrogens is 2. The summed E-state index contributed by atoms with van der Waals surface area (Å²) in [5.41, 5.74) is 0.812. The molecule has 7 heteroatoms. The Balaban J connectivity index is 1.79. The van der Waals surface area contributed by atoms with Gasteiger partial charge in [-0.25, -0.2) is 9.78 Å². The van der Waals surface area contributed by atoms with Gasteiger partial charge >= 0.3 is 12.0 Å². The third kappa shape index (κ3) is 2.74. The Hall–Kier alpha value is -2.05. The standard InChI is InChI=1S/C10H14N4O3/c15-9(16)7-1-2-14(5-7)10(17)12-4-8-3-11-6-13-8/h3,6-7H,1-2,4-5H2,(H,11,13)(H,12,17)(H,15,16). The van der Waals surface area contributed by atoms with Crippen molar-refractivity contribution in [1.29, 1.82) is 0 Å². The summed E-state index contributed by atoms with van der Waals surface area (Å²) in [5, 5.41) is 11.5. The van der Waals surface area contributed by atoms with Crippen molar-refractivity contribution in [2.24, 2.45) is 5.92 Å². The van der Waals surface area contributed by atoms with Crippen LogP contribution in [0, 0.1) is 5.92 Å². The molecule has 1 aliphatic heterocycles. The van der Waals surface area contributed by atoms with Crippen LogP contribution in [0.3, 0.4) is 0 Å². The lowest BCUT2D eigenvalue weighted by Crippen LogP contribution is -2.38. The minimum Gasteiger partial charge on any atom is -0.481 e. The fraction of sp³-hybridized carbons (Fsp3) is 0.500. The van der Waals surface area contributed by atoms with Gasteiger partial charge in [0.15, 0.2) is 0 Å². The van der Waals surface area contributed by atoms with Crippen LogP contribution in [0.1, 0.15) is 12.1 Å². The van der Waals surface area contributed by atoms with Crippen LogP contribution < -0.4 is 5.32 Å². The molecule has 7 nitrogen and oxygen atoms in total. The van der Waals surface area contributed by atoms with Crippen molar-refractivity contribution in [3.63, 3.8) is 0 Å². The Labute approximate surface area is 97.8 Å². The van der Waals surface area contributed by atoms with Crippen LogP contribution in [-0.4, -0.2) is 45.1 Å². The normalized spacial score (nSPS) is 19.3. The number of hydrogen-bond donors (Lipinski definition) is 3. The average Bonchev–Trinajstić information content (AvgIpc) is 2.96. The molecule has 2 rings (SSSR count). The van der Waals surface area contributed by atoms with E-state index in [1.807, 2.05) is 0 Å². The van der Waals surface area contributed by atoms with Gasteiger partial charge in [-0.3, -0.25) is 4.79 Å². The number of carboxylic acid groups (broad SMARTS) is 1. The zero-order chi connectivity index (χ0) is 12.3. The number of carbonyl (C=O) groups is 2. The SMILES string of the molecule is O=C(O)C1CCN(C(=O)NCc2cnc[nH]2)C1. The molecule has 17 heavy (non-hydrogen) atoms. The lowest BCUT2D eigenvalue weighted by Gasteiger charge is -2.16. The monoisotopic (exact) mass is 238 g/mol. The number of nitrogens with one attached hydrogen (secondary N) is 2. The molecule has 1 fully saturated rings. The molecule has 1 saturated heterocycles. The van der Waals surface area contributed by atoms with Gasteiger partial charge in [-0.1, -0.05) is 0 Å². The summed E-state index contributed by atoms with van der Waals surface area (Å²) in [6, 6.07) is -0.233. The van der Waals surface area contributed by atoms with Gasteiger partial charge in [-0.15, -0.1) is 0 Å². The van der Waals surface area contributed by atoms with Crippen LogP contribution in [0.2, 0.25) is 0 Å². The molecule has 2 amide bonds. The smallest absolute Gasteiger partial charge is 0.317 e. The Bertz CT molecular complexity index is 404. The zero-order valence-corrected chi connectivity index (χ0v) is 9.22. The predicted octanol–water partition coefficient (Wildman–Crippen LogP) is 0.0258. The molecule has 1 atom stereocenters. The van der Waals surface area contributed by atoms with E-state index in [0.717, 1.165) is 5.69 Å². The highest BCUT2D eigenvalue weighted by Crippen LogP contribution is 2.16. The van der Waals surface area contributed by atoms with E-state index < -0.39 is 11.9 Å². The highest BCUT2D eigenvalue weighted by atomic mass is 16.4. The van der Waals surface area contributed by atoms with Gasteiger partial charge in [0.25, 0.3) is 0 Å². The number of carboxylic acids is 1. The van der Waals surface area contributed by atoms with E-state index in [9.17, 15) is 9.59 Å². The highest BCUT2D eigenvalue weighted by Gasteiger charge is 2.30. The van der Waals surface area contributed by atoms with Crippen molar-refractivity contribution < 1.29 is 14.7 Å². The maximum Gasteiger partial charge on any atom is 0.317 e. The molecule has 0 spiro atoms. The molecule has 1 unspecified atom stereocenters.